The lowest BCUT2D eigenvalue weighted by atomic mass is 9.95. The van der Waals surface area contributed by atoms with E-state index in [-0.39, 0.29) is 17.9 Å². The van der Waals surface area contributed by atoms with Gasteiger partial charge in [0.05, 0.1) is 13.2 Å². The molecule has 142 valence electrons. The Morgan fingerprint density at radius 3 is 2.46 bits per heavy atom. The van der Waals surface area contributed by atoms with Gasteiger partial charge in [0.25, 0.3) is 0 Å². The lowest BCUT2D eigenvalue weighted by molar-refractivity contribution is -0.132. The van der Waals surface area contributed by atoms with Gasteiger partial charge in [0, 0.05) is 44.9 Å². The van der Waals surface area contributed by atoms with Crippen LogP contribution in [0.1, 0.15) is 32.6 Å². The highest BCUT2D eigenvalue weighted by atomic mass is 16.5. The second kappa shape index (κ2) is 8.54. The number of hydrogen-bond acceptors (Lipinski definition) is 4. The molecule has 1 aliphatic heterocycles. The van der Waals surface area contributed by atoms with Gasteiger partial charge in [0.2, 0.25) is 11.8 Å². The van der Waals surface area contributed by atoms with Gasteiger partial charge < -0.3 is 15.0 Å². The summed E-state index contributed by atoms with van der Waals surface area (Å²) in [4.78, 5) is 28.9. The van der Waals surface area contributed by atoms with Crippen molar-refractivity contribution >= 4 is 17.5 Å². The van der Waals surface area contributed by atoms with Gasteiger partial charge in [-0.1, -0.05) is 18.9 Å². The summed E-state index contributed by atoms with van der Waals surface area (Å²) in [7, 11) is 1.62. The lowest BCUT2D eigenvalue weighted by Crippen LogP contribution is -2.56. The second-order valence-corrected chi connectivity index (χ2v) is 7.25. The Bertz CT molecular complexity index is 635. The Labute approximate surface area is 155 Å². The summed E-state index contributed by atoms with van der Waals surface area (Å²) < 4.78 is 5.25. The highest BCUT2D eigenvalue weighted by Gasteiger charge is 2.37. The maximum Gasteiger partial charge on any atom is 0.242 e. The fourth-order valence-electron chi connectivity index (χ4n) is 4.18. The number of amides is 2. The maximum atomic E-state index is 13.1. The van der Waals surface area contributed by atoms with Crippen LogP contribution in [0.5, 0.6) is 5.75 Å². The minimum Gasteiger partial charge on any atom is -0.497 e. The summed E-state index contributed by atoms with van der Waals surface area (Å²) in [5, 5.41) is 3.08. The number of nitrogens with zero attached hydrogens (tertiary/aromatic N) is 2. The van der Waals surface area contributed by atoms with E-state index in [1.807, 2.05) is 29.2 Å². The summed E-state index contributed by atoms with van der Waals surface area (Å²) in [5.41, 5.74) is 0.764. The van der Waals surface area contributed by atoms with Gasteiger partial charge in [-0.3, -0.25) is 14.5 Å². The molecule has 6 heteroatoms. The molecule has 0 bridgehead atoms. The summed E-state index contributed by atoms with van der Waals surface area (Å²) >= 11 is 0. The first-order valence-electron chi connectivity index (χ1n) is 9.53. The van der Waals surface area contributed by atoms with Crippen LogP contribution in [0.2, 0.25) is 0 Å². The van der Waals surface area contributed by atoms with E-state index in [0.29, 0.717) is 19.0 Å². The zero-order valence-corrected chi connectivity index (χ0v) is 15.7. The summed E-state index contributed by atoms with van der Waals surface area (Å²) in [5.74, 6) is 1.30. The number of hydrogen-bond donors (Lipinski definition) is 1. The second-order valence-electron chi connectivity index (χ2n) is 7.25. The van der Waals surface area contributed by atoms with E-state index in [9.17, 15) is 9.59 Å². The average Bonchev–Trinajstić information content (AvgIpc) is 3.16. The molecule has 1 aliphatic carbocycles. The van der Waals surface area contributed by atoms with Crippen molar-refractivity contribution in [2.24, 2.45) is 5.92 Å². The molecule has 2 aliphatic rings. The molecule has 0 aromatic heterocycles. The number of nitrogens with one attached hydrogen (secondary N) is 1. The molecular weight excluding hydrogens is 330 g/mol. The van der Waals surface area contributed by atoms with Crippen LogP contribution in [0.25, 0.3) is 0 Å². The van der Waals surface area contributed by atoms with Crippen LogP contribution in [0.15, 0.2) is 24.3 Å². The Morgan fingerprint density at radius 2 is 1.85 bits per heavy atom. The van der Waals surface area contributed by atoms with Crippen LogP contribution < -0.4 is 10.1 Å². The van der Waals surface area contributed by atoms with E-state index in [0.717, 1.165) is 37.4 Å². The molecule has 6 nitrogen and oxygen atoms in total. The fourth-order valence-corrected chi connectivity index (χ4v) is 4.18. The van der Waals surface area contributed by atoms with Crippen LogP contribution >= 0.6 is 0 Å². The van der Waals surface area contributed by atoms with Crippen molar-refractivity contribution in [3.8, 4) is 5.75 Å². The fraction of sp³-hybridized carbons (Fsp3) is 0.600. The molecule has 1 saturated carbocycles. The van der Waals surface area contributed by atoms with Crippen LogP contribution in [-0.2, 0) is 9.59 Å². The molecule has 1 heterocycles. The van der Waals surface area contributed by atoms with Crippen molar-refractivity contribution in [1.29, 1.82) is 0 Å². The molecule has 0 radical (unpaired) electrons. The first-order valence-corrected chi connectivity index (χ1v) is 9.53. The zero-order valence-electron chi connectivity index (χ0n) is 15.7. The Hall–Kier alpha value is -2.08. The number of piperazine rings is 1. The Kier molecular flexibility index (Phi) is 6.14. The monoisotopic (exact) mass is 359 g/mol. The van der Waals surface area contributed by atoms with E-state index in [1.54, 1.807) is 14.0 Å². The van der Waals surface area contributed by atoms with Crippen LogP contribution in [-0.4, -0.2) is 60.9 Å². The number of anilines is 1. The summed E-state index contributed by atoms with van der Waals surface area (Å²) in [6.45, 7) is 4.52. The predicted octanol–water partition coefficient (Wildman–Crippen LogP) is 2.36. The minimum atomic E-state index is -0.127. The molecule has 26 heavy (non-hydrogen) atoms. The lowest BCUT2D eigenvalue weighted by Gasteiger charge is -2.40. The topological polar surface area (TPSA) is 61.9 Å². The third-order valence-corrected chi connectivity index (χ3v) is 5.61. The Balaban J connectivity index is 1.71. The average molecular weight is 359 g/mol. The highest BCUT2D eigenvalue weighted by Crippen LogP contribution is 2.32. The van der Waals surface area contributed by atoms with E-state index in [2.05, 4.69) is 10.2 Å². The highest BCUT2D eigenvalue weighted by molar-refractivity contribution is 5.95. The molecule has 1 N–H and O–H groups in total. The molecule has 1 atom stereocenters. The van der Waals surface area contributed by atoms with Crippen LogP contribution in [0.3, 0.4) is 0 Å². The quantitative estimate of drug-likeness (QED) is 0.877. The van der Waals surface area contributed by atoms with E-state index >= 15 is 0 Å². The van der Waals surface area contributed by atoms with E-state index in [4.69, 9.17) is 4.74 Å². The number of carbonyl (C=O) groups is 2. The van der Waals surface area contributed by atoms with Crippen molar-refractivity contribution < 1.29 is 14.3 Å². The standard InChI is InChI=1S/C20H29N3O3/c1-15(24)22-10-12-23(13-11-22)19(16-6-3-4-7-16)20(25)21-17-8-5-9-18(14-17)26-2/h5,8-9,14,16,19H,3-4,6-7,10-13H2,1-2H3,(H,21,25). The largest absolute Gasteiger partial charge is 0.497 e. The van der Waals surface area contributed by atoms with Crippen molar-refractivity contribution in [2.45, 2.75) is 38.6 Å². The molecule has 2 fully saturated rings. The van der Waals surface area contributed by atoms with Gasteiger partial charge in [0.1, 0.15) is 5.75 Å². The number of methoxy groups -OCH3 is 1. The van der Waals surface area contributed by atoms with Gasteiger partial charge >= 0.3 is 0 Å². The van der Waals surface area contributed by atoms with E-state index in [1.165, 1.54) is 12.8 Å². The smallest absolute Gasteiger partial charge is 0.242 e. The normalized spacial score (nSPS) is 20.0. The third kappa shape index (κ3) is 4.36. The predicted molar refractivity (Wildman–Crippen MR) is 101 cm³/mol. The first-order chi connectivity index (χ1) is 12.6. The number of benzene rings is 1. The number of carbonyl (C=O) groups excluding carboxylic acids is 2. The summed E-state index contributed by atoms with van der Waals surface area (Å²) in [6.07, 6.45) is 4.59. The molecule has 1 saturated heterocycles. The van der Waals surface area contributed by atoms with Crippen LogP contribution in [0, 0.1) is 5.92 Å². The first kappa shape index (κ1) is 18.7. The van der Waals surface area contributed by atoms with Gasteiger partial charge in [-0.15, -0.1) is 0 Å². The Morgan fingerprint density at radius 1 is 1.15 bits per heavy atom. The minimum absolute atomic E-state index is 0.0569. The molecule has 0 spiro atoms. The van der Waals surface area contributed by atoms with Crippen molar-refractivity contribution in [3.05, 3.63) is 24.3 Å². The third-order valence-electron chi connectivity index (χ3n) is 5.61. The van der Waals surface area contributed by atoms with Gasteiger partial charge in [-0.25, -0.2) is 0 Å². The molecule has 1 aromatic rings. The van der Waals surface area contributed by atoms with Crippen molar-refractivity contribution in [2.75, 3.05) is 38.6 Å². The maximum absolute atomic E-state index is 13.1. The number of ether oxygens (including phenoxy) is 1. The van der Waals surface area contributed by atoms with Crippen LogP contribution in [0.4, 0.5) is 5.69 Å². The number of rotatable bonds is 5. The zero-order chi connectivity index (χ0) is 18.5. The van der Waals surface area contributed by atoms with Crippen molar-refractivity contribution in [3.63, 3.8) is 0 Å². The molecule has 1 aromatic carbocycles. The molecule has 3 rings (SSSR count). The molecule has 2 amide bonds. The molecular formula is C20H29N3O3. The van der Waals surface area contributed by atoms with Gasteiger partial charge in [-0.05, 0) is 30.9 Å². The van der Waals surface area contributed by atoms with Gasteiger partial charge in [-0.2, -0.15) is 0 Å². The van der Waals surface area contributed by atoms with Gasteiger partial charge in [0.15, 0.2) is 0 Å². The van der Waals surface area contributed by atoms with E-state index < -0.39 is 0 Å². The van der Waals surface area contributed by atoms with Crippen molar-refractivity contribution in [1.82, 2.24) is 9.80 Å². The summed E-state index contributed by atoms with van der Waals surface area (Å²) in [6, 6.07) is 7.35. The molecule has 1 unspecified atom stereocenters. The SMILES string of the molecule is COc1cccc(NC(=O)C(C2CCCC2)N2CCN(C(C)=O)CC2)c1.